The molecule has 3 aromatic carbocycles. The number of benzene rings is 3. The lowest BCUT2D eigenvalue weighted by atomic mass is 10.0. The second kappa shape index (κ2) is 8.93. The molecule has 1 amide bonds. The summed E-state index contributed by atoms with van der Waals surface area (Å²) < 4.78 is 11.7. The monoisotopic (exact) mass is 387 g/mol. The summed E-state index contributed by atoms with van der Waals surface area (Å²) in [6.45, 7) is 3.25. The van der Waals surface area contributed by atoms with Crippen LogP contribution in [0.3, 0.4) is 0 Å². The second-order valence-corrected chi connectivity index (χ2v) is 7.28. The zero-order valence-electron chi connectivity index (χ0n) is 16.5. The molecule has 4 rings (SSSR count). The molecule has 0 saturated carbocycles. The van der Waals surface area contributed by atoms with E-state index in [-0.39, 0.29) is 24.7 Å². The van der Waals surface area contributed by atoms with Crippen LogP contribution in [0, 0.1) is 0 Å². The molecule has 0 aliphatic carbocycles. The van der Waals surface area contributed by atoms with Gasteiger partial charge in [0.1, 0.15) is 25.1 Å². The summed E-state index contributed by atoms with van der Waals surface area (Å²) in [5.74, 6) is 0.847. The van der Waals surface area contributed by atoms with Crippen LogP contribution in [-0.2, 0) is 16.1 Å². The summed E-state index contributed by atoms with van der Waals surface area (Å²) in [6.07, 6.45) is -0.137. The maximum atomic E-state index is 12.4. The Morgan fingerprint density at radius 2 is 1.62 bits per heavy atom. The van der Waals surface area contributed by atoms with E-state index in [0.717, 1.165) is 22.4 Å². The molecule has 0 N–H and O–H groups in total. The van der Waals surface area contributed by atoms with Crippen molar-refractivity contribution < 1.29 is 14.3 Å². The van der Waals surface area contributed by atoms with Crippen LogP contribution in [0.25, 0.3) is 0 Å². The minimum absolute atomic E-state index is 0.0172. The zero-order chi connectivity index (χ0) is 20.1. The molecule has 1 aliphatic heterocycles. The number of hydrogen-bond donors (Lipinski definition) is 0. The first-order valence-electron chi connectivity index (χ1n) is 9.93. The van der Waals surface area contributed by atoms with Crippen molar-refractivity contribution in [3.05, 3.63) is 102 Å². The molecule has 29 heavy (non-hydrogen) atoms. The molecule has 1 aliphatic rings. The SMILES string of the molecule is C[C@@H](c1ccccc1)N1C[C@@H](c2ccc(OCc3ccccc3)cc2)OCC1=O. The first-order valence-corrected chi connectivity index (χ1v) is 9.93. The Balaban J connectivity index is 1.41. The van der Waals surface area contributed by atoms with E-state index in [1.54, 1.807) is 0 Å². The van der Waals surface area contributed by atoms with E-state index < -0.39 is 0 Å². The van der Waals surface area contributed by atoms with Gasteiger partial charge in [-0.3, -0.25) is 4.79 Å². The van der Waals surface area contributed by atoms with Crippen LogP contribution in [0.1, 0.15) is 35.8 Å². The lowest BCUT2D eigenvalue weighted by Crippen LogP contribution is -2.44. The predicted molar refractivity (Wildman–Crippen MR) is 112 cm³/mol. The third-order valence-electron chi connectivity index (χ3n) is 5.34. The van der Waals surface area contributed by atoms with Crippen molar-refractivity contribution in [2.75, 3.05) is 13.2 Å². The van der Waals surface area contributed by atoms with Crippen molar-refractivity contribution in [1.29, 1.82) is 0 Å². The number of morpholine rings is 1. The molecule has 1 saturated heterocycles. The Kier molecular flexibility index (Phi) is 5.92. The van der Waals surface area contributed by atoms with Gasteiger partial charge in [-0.1, -0.05) is 72.8 Å². The highest BCUT2D eigenvalue weighted by Crippen LogP contribution is 2.30. The smallest absolute Gasteiger partial charge is 0.249 e. The van der Waals surface area contributed by atoms with Crippen molar-refractivity contribution >= 4 is 5.91 Å². The quantitative estimate of drug-likeness (QED) is 0.602. The van der Waals surface area contributed by atoms with Gasteiger partial charge in [0.15, 0.2) is 0 Å². The molecule has 1 heterocycles. The lowest BCUT2D eigenvalue weighted by molar-refractivity contribution is -0.152. The normalized spacial score (nSPS) is 17.8. The van der Waals surface area contributed by atoms with Crippen LogP contribution in [0.5, 0.6) is 5.75 Å². The van der Waals surface area contributed by atoms with E-state index in [2.05, 4.69) is 19.1 Å². The number of carbonyl (C=O) groups excluding carboxylic acids is 1. The largest absolute Gasteiger partial charge is 0.489 e. The minimum Gasteiger partial charge on any atom is -0.489 e. The van der Waals surface area contributed by atoms with E-state index >= 15 is 0 Å². The molecule has 0 unspecified atom stereocenters. The third-order valence-corrected chi connectivity index (χ3v) is 5.34. The molecule has 148 valence electrons. The van der Waals surface area contributed by atoms with Crippen LogP contribution in [0.4, 0.5) is 0 Å². The highest BCUT2D eigenvalue weighted by Gasteiger charge is 2.31. The second-order valence-electron chi connectivity index (χ2n) is 7.28. The van der Waals surface area contributed by atoms with E-state index in [0.29, 0.717) is 13.2 Å². The van der Waals surface area contributed by atoms with Crippen molar-refractivity contribution in [3.63, 3.8) is 0 Å². The number of nitrogens with zero attached hydrogens (tertiary/aromatic N) is 1. The third kappa shape index (κ3) is 4.66. The van der Waals surface area contributed by atoms with Crippen molar-refractivity contribution in [1.82, 2.24) is 4.90 Å². The van der Waals surface area contributed by atoms with Crippen molar-refractivity contribution in [2.45, 2.75) is 25.7 Å². The lowest BCUT2D eigenvalue weighted by Gasteiger charge is -2.37. The fourth-order valence-corrected chi connectivity index (χ4v) is 3.59. The number of amides is 1. The van der Waals surface area contributed by atoms with E-state index in [1.165, 1.54) is 0 Å². The summed E-state index contributed by atoms with van der Waals surface area (Å²) >= 11 is 0. The molecule has 0 radical (unpaired) electrons. The van der Waals surface area contributed by atoms with Crippen LogP contribution in [-0.4, -0.2) is 24.0 Å². The molecule has 0 bridgehead atoms. The maximum Gasteiger partial charge on any atom is 0.249 e. The molecular formula is C25H25NO3. The average Bonchev–Trinajstić information content (AvgIpc) is 2.79. The van der Waals surface area contributed by atoms with Crippen LogP contribution in [0.15, 0.2) is 84.9 Å². The van der Waals surface area contributed by atoms with Crippen molar-refractivity contribution in [2.24, 2.45) is 0 Å². The van der Waals surface area contributed by atoms with Gasteiger partial charge in [-0.2, -0.15) is 0 Å². The minimum atomic E-state index is -0.137. The van der Waals surface area contributed by atoms with Gasteiger partial charge in [0.2, 0.25) is 5.91 Å². The fourth-order valence-electron chi connectivity index (χ4n) is 3.59. The molecule has 1 fully saturated rings. The topological polar surface area (TPSA) is 38.8 Å². The van der Waals surface area contributed by atoms with Crippen molar-refractivity contribution in [3.8, 4) is 5.75 Å². The molecule has 2 atom stereocenters. The highest BCUT2D eigenvalue weighted by atomic mass is 16.5. The molecule has 4 heteroatoms. The number of ether oxygens (including phenoxy) is 2. The van der Waals surface area contributed by atoms with E-state index in [9.17, 15) is 4.79 Å². The zero-order valence-corrected chi connectivity index (χ0v) is 16.5. The Morgan fingerprint density at radius 3 is 2.31 bits per heavy atom. The maximum absolute atomic E-state index is 12.4. The summed E-state index contributed by atoms with van der Waals surface area (Å²) in [7, 11) is 0. The predicted octanol–water partition coefficient (Wildman–Crippen LogP) is 4.93. The number of rotatable bonds is 6. The van der Waals surface area contributed by atoms with Gasteiger partial charge in [0.25, 0.3) is 0 Å². The van der Waals surface area contributed by atoms with Crippen LogP contribution < -0.4 is 4.74 Å². The van der Waals surface area contributed by atoms with Gasteiger partial charge in [0.05, 0.1) is 12.6 Å². The Labute approximate surface area is 171 Å². The molecule has 0 spiro atoms. The first kappa shape index (κ1) is 19.2. The summed E-state index contributed by atoms with van der Waals surface area (Å²) in [4.78, 5) is 14.3. The summed E-state index contributed by atoms with van der Waals surface area (Å²) in [6, 6.07) is 28.2. The van der Waals surface area contributed by atoms with E-state index in [1.807, 2.05) is 77.7 Å². The Morgan fingerprint density at radius 1 is 0.966 bits per heavy atom. The first-order chi connectivity index (χ1) is 14.2. The molecular weight excluding hydrogens is 362 g/mol. The fraction of sp³-hybridized carbons (Fsp3) is 0.240. The average molecular weight is 387 g/mol. The van der Waals surface area contributed by atoms with E-state index in [4.69, 9.17) is 9.47 Å². The van der Waals surface area contributed by atoms with Gasteiger partial charge >= 0.3 is 0 Å². The summed E-state index contributed by atoms with van der Waals surface area (Å²) in [5, 5.41) is 0. The van der Waals surface area contributed by atoms with Gasteiger partial charge < -0.3 is 14.4 Å². The summed E-state index contributed by atoms with van der Waals surface area (Å²) in [5.41, 5.74) is 3.32. The van der Waals surface area contributed by atoms with Crippen LogP contribution in [0.2, 0.25) is 0 Å². The van der Waals surface area contributed by atoms with Gasteiger partial charge in [-0.25, -0.2) is 0 Å². The molecule has 4 nitrogen and oxygen atoms in total. The van der Waals surface area contributed by atoms with Gasteiger partial charge in [0, 0.05) is 0 Å². The number of carbonyl (C=O) groups is 1. The van der Waals surface area contributed by atoms with Gasteiger partial charge in [-0.05, 0) is 35.7 Å². The van der Waals surface area contributed by atoms with Gasteiger partial charge in [-0.15, -0.1) is 0 Å². The highest BCUT2D eigenvalue weighted by molar-refractivity contribution is 5.78. The standard InChI is InChI=1S/C25H25NO3/c1-19(21-10-6-3-7-11-21)26-16-24(29-18-25(26)27)22-12-14-23(15-13-22)28-17-20-8-4-2-5-9-20/h2-15,19,24H,16-18H2,1H3/t19-,24-/m0/s1. The van der Waals surface area contributed by atoms with Crippen LogP contribution >= 0.6 is 0 Å². The molecule has 0 aromatic heterocycles. The molecule has 3 aromatic rings. The Hall–Kier alpha value is -3.11. The number of hydrogen-bond acceptors (Lipinski definition) is 3. The Bertz CT molecular complexity index is 925.